The van der Waals surface area contributed by atoms with Gasteiger partial charge in [0, 0.05) is 10.5 Å². The average molecular weight is 324 g/mol. The molecule has 1 aromatic heterocycles. The Labute approximate surface area is 117 Å². The summed E-state index contributed by atoms with van der Waals surface area (Å²) >= 11 is 5.01. The highest BCUT2D eigenvalue weighted by Gasteiger charge is 2.17. The van der Waals surface area contributed by atoms with Crippen LogP contribution in [0.1, 0.15) is 5.82 Å². The van der Waals surface area contributed by atoms with Gasteiger partial charge in [0.15, 0.2) is 0 Å². The van der Waals surface area contributed by atoms with Crippen LogP contribution in [0.5, 0.6) is 0 Å². The van der Waals surface area contributed by atoms with Crippen molar-refractivity contribution < 1.29 is 4.79 Å². The van der Waals surface area contributed by atoms with Gasteiger partial charge < -0.3 is 10.3 Å². The number of thioether (sulfide) groups is 1. The van der Waals surface area contributed by atoms with E-state index in [1.165, 1.54) is 0 Å². The van der Waals surface area contributed by atoms with Crippen LogP contribution in [0.3, 0.4) is 0 Å². The molecule has 0 atom stereocenters. The fourth-order valence-electron chi connectivity index (χ4n) is 1.88. The lowest BCUT2D eigenvalue weighted by Crippen LogP contribution is -2.18. The van der Waals surface area contributed by atoms with Gasteiger partial charge in [0.2, 0.25) is 5.91 Å². The number of nitrogens with zero attached hydrogens (tertiary/aromatic N) is 1. The summed E-state index contributed by atoms with van der Waals surface area (Å²) < 4.78 is 0.856. The molecule has 1 aliphatic rings. The Bertz CT molecular complexity index is 638. The lowest BCUT2D eigenvalue weighted by Gasteiger charge is -2.16. The van der Waals surface area contributed by atoms with Gasteiger partial charge in [0.25, 0.3) is 0 Å². The fraction of sp³-hybridized carbons (Fsp3) is 0.167. The summed E-state index contributed by atoms with van der Waals surface area (Å²) in [5.41, 5.74) is 2.70. The largest absolute Gasteiger partial charge is 0.336 e. The summed E-state index contributed by atoms with van der Waals surface area (Å²) in [7, 11) is 0. The Balaban J connectivity index is 2.07. The van der Waals surface area contributed by atoms with Crippen LogP contribution >= 0.6 is 27.7 Å². The monoisotopic (exact) mass is 323 g/mol. The fourth-order valence-corrected chi connectivity index (χ4v) is 3.28. The first kappa shape index (κ1) is 11.8. The van der Waals surface area contributed by atoms with E-state index in [0.717, 1.165) is 32.3 Å². The van der Waals surface area contributed by atoms with E-state index in [9.17, 15) is 4.79 Å². The first-order valence-corrected chi connectivity index (χ1v) is 7.20. The van der Waals surface area contributed by atoms with Crippen molar-refractivity contribution in [1.29, 1.82) is 0 Å². The summed E-state index contributed by atoms with van der Waals surface area (Å²) in [6, 6.07) is 5.99. The maximum atomic E-state index is 11.4. The first-order chi connectivity index (χ1) is 8.63. The number of halogens is 1. The van der Waals surface area contributed by atoms with Crippen LogP contribution in [-0.2, 0) is 4.79 Å². The van der Waals surface area contributed by atoms with Crippen molar-refractivity contribution in [3.8, 4) is 11.3 Å². The molecule has 2 heterocycles. The zero-order valence-electron chi connectivity index (χ0n) is 9.58. The number of hydrogen-bond donors (Lipinski definition) is 2. The SMILES string of the molecule is Cc1nc(-c2ccc3c(c2)NC(=O)CS3)c(Br)[nH]1. The number of nitrogens with one attached hydrogen (secondary N) is 2. The Hall–Kier alpha value is -1.27. The normalized spacial score (nSPS) is 14.2. The van der Waals surface area contributed by atoms with Gasteiger partial charge in [-0.25, -0.2) is 4.98 Å². The second-order valence-corrected chi connectivity index (χ2v) is 5.84. The molecule has 1 aromatic carbocycles. The number of benzene rings is 1. The molecule has 1 amide bonds. The molecule has 0 bridgehead atoms. The molecule has 0 spiro atoms. The van der Waals surface area contributed by atoms with Gasteiger partial charge >= 0.3 is 0 Å². The summed E-state index contributed by atoms with van der Waals surface area (Å²) in [4.78, 5) is 20.0. The number of anilines is 1. The van der Waals surface area contributed by atoms with Crippen molar-refractivity contribution in [2.45, 2.75) is 11.8 Å². The highest BCUT2D eigenvalue weighted by molar-refractivity contribution is 9.10. The molecule has 2 N–H and O–H groups in total. The number of aromatic amines is 1. The number of carbonyl (C=O) groups is 1. The molecule has 0 unspecified atom stereocenters. The number of imidazole rings is 1. The molecule has 0 saturated heterocycles. The minimum absolute atomic E-state index is 0.0434. The van der Waals surface area contributed by atoms with E-state index in [1.54, 1.807) is 11.8 Å². The molecule has 18 heavy (non-hydrogen) atoms. The zero-order chi connectivity index (χ0) is 12.7. The van der Waals surface area contributed by atoms with Crippen LogP contribution in [0.25, 0.3) is 11.3 Å². The van der Waals surface area contributed by atoms with Gasteiger partial charge in [0.1, 0.15) is 16.1 Å². The van der Waals surface area contributed by atoms with Crippen LogP contribution in [-0.4, -0.2) is 21.6 Å². The Kier molecular flexibility index (Phi) is 2.91. The minimum atomic E-state index is 0.0434. The predicted molar refractivity (Wildman–Crippen MR) is 75.8 cm³/mol. The van der Waals surface area contributed by atoms with Gasteiger partial charge in [0.05, 0.1) is 11.4 Å². The van der Waals surface area contributed by atoms with Crippen molar-refractivity contribution in [2.24, 2.45) is 0 Å². The van der Waals surface area contributed by atoms with E-state index in [1.807, 2.05) is 25.1 Å². The maximum Gasteiger partial charge on any atom is 0.234 e. The van der Waals surface area contributed by atoms with E-state index in [0.29, 0.717) is 5.75 Å². The molecule has 0 radical (unpaired) electrons. The van der Waals surface area contributed by atoms with Crippen LogP contribution in [0.15, 0.2) is 27.7 Å². The molecule has 0 aliphatic carbocycles. The van der Waals surface area contributed by atoms with Crippen molar-refractivity contribution >= 4 is 39.3 Å². The molecule has 2 aromatic rings. The summed E-state index contributed by atoms with van der Waals surface area (Å²) in [6.45, 7) is 1.91. The molecule has 3 rings (SSSR count). The highest BCUT2D eigenvalue weighted by atomic mass is 79.9. The highest BCUT2D eigenvalue weighted by Crippen LogP contribution is 2.36. The molecule has 0 fully saturated rings. The minimum Gasteiger partial charge on any atom is -0.336 e. The topological polar surface area (TPSA) is 57.8 Å². The first-order valence-electron chi connectivity index (χ1n) is 5.42. The Morgan fingerprint density at radius 2 is 2.28 bits per heavy atom. The van der Waals surface area contributed by atoms with Crippen LogP contribution in [0.4, 0.5) is 5.69 Å². The number of aromatic nitrogens is 2. The number of hydrogen-bond acceptors (Lipinski definition) is 3. The second-order valence-electron chi connectivity index (χ2n) is 4.03. The number of H-pyrrole nitrogens is 1. The third kappa shape index (κ3) is 2.06. The maximum absolute atomic E-state index is 11.4. The number of carbonyl (C=O) groups excluding carboxylic acids is 1. The predicted octanol–water partition coefficient (Wildman–Crippen LogP) is 3.19. The molecule has 92 valence electrons. The van der Waals surface area contributed by atoms with Crippen molar-refractivity contribution in [3.05, 3.63) is 28.6 Å². The molecule has 6 heteroatoms. The molecule has 1 aliphatic heterocycles. The third-order valence-corrected chi connectivity index (χ3v) is 4.31. The summed E-state index contributed by atoms with van der Waals surface area (Å²) in [6.07, 6.45) is 0. The lowest BCUT2D eigenvalue weighted by atomic mass is 10.1. The summed E-state index contributed by atoms with van der Waals surface area (Å²) in [5, 5.41) is 2.88. The van der Waals surface area contributed by atoms with E-state index >= 15 is 0 Å². The van der Waals surface area contributed by atoms with Crippen molar-refractivity contribution in [2.75, 3.05) is 11.1 Å². The third-order valence-electron chi connectivity index (χ3n) is 2.66. The zero-order valence-corrected chi connectivity index (χ0v) is 12.0. The van der Waals surface area contributed by atoms with Gasteiger partial charge in [-0.05, 0) is 35.0 Å². The van der Waals surface area contributed by atoms with Gasteiger partial charge in [-0.1, -0.05) is 6.07 Å². The van der Waals surface area contributed by atoms with Gasteiger partial charge in [-0.3, -0.25) is 4.79 Å². The van der Waals surface area contributed by atoms with E-state index in [4.69, 9.17) is 0 Å². The second kappa shape index (κ2) is 4.44. The van der Waals surface area contributed by atoms with Crippen molar-refractivity contribution in [1.82, 2.24) is 9.97 Å². The molecular formula is C12H10BrN3OS. The number of aryl methyl sites for hydroxylation is 1. The number of fused-ring (bicyclic) bond motifs is 1. The van der Waals surface area contributed by atoms with Crippen LogP contribution in [0.2, 0.25) is 0 Å². The summed E-state index contributed by atoms with van der Waals surface area (Å²) in [5.74, 6) is 1.38. The van der Waals surface area contributed by atoms with Gasteiger partial charge in [-0.15, -0.1) is 11.8 Å². The smallest absolute Gasteiger partial charge is 0.234 e. The molecule has 0 saturated carbocycles. The average Bonchev–Trinajstić information content (AvgIpc) is 2.67. The van der Waals surface area contributed by atoms with E-state index in [-0.39, 0.29) is 5.91 Å². The van der Waals surface area contributed by atoms with Crippen LogP contribution in [0, 0.1) is 6.92 Å². The van der Waals surface area contributed by atoms with E-state index < -0.39 is 0 Å². The van der Waals surface area contributed by atoms with Crippen molar-refractivity contribution in [3.63, 3.8) is 0 Å². The number of rotatable bonds is 1. The molecular weight excluding hydrogens is 314 g/mol. The molecule has 4 nitrogen and oxygen atoms in total. The van der Waals surface area contributed by atoms with E-state index in [2.05, 4.69) is 31.2 Å². The van der Waals surface area contributed by atoms with Gasteiger partial charge in [-0.2, -0.15) is 0 Å². The lowest BCUT2D eigenvalue weighted by molar-refractivity contribution is -0.113. The number of amides is 1. The quantitative estimate of drug-likeness (QED) is 0.847. The van der Waals surface area contributed by atoms with Crippen LogP contribution < -0.4 is 5.32 Å². The Morgan fingerprint density at radius 1 is 1.44 bits per heavy atom. The standard InChI is InChI=1S/C12H10BrN3OS/c1-6-14-11(12(13)15-6)7-2-3-9-8(4-7)16-10(17)5-18-9/h2-4H,5H2,1H3,(H,14,15)(H,16,17). The Morgan fingerprint density at radius 3 is 3.00 bits per heavy atom.